The van der Waals surface area contributed by atoms with E-state index in [1.807, 2.05) is 37.3 Å². The maximum absolute atomic E-state index is 12.3. The monoisotopic (exact) mass is 404 g/mol. The molecule has 4 nitrogen and oxygen atoms in total. The normalized spacial score (nSPS) is 9.92. The van der Waals surface area contributed by atoms with E-state index in [0.717, 1.165) is 10.0 Å². The number of thiocarbonyl (C=S) groups is 1. The number of para-hydroxylation sites is 2. The summed E-state index contributed by atoms with van der Waals surface area (Å²) < 4.78 is 6.42. The highest BCUT2D eigenvalue weighted by Gasteiger charge is 2.11. The Morgan fingerprint density at radius 3 is 2.79 bits per heavy atom. The molecule has 1 amide bonds. The Hall–Kier alpha value is -2.18. The Bertz CT molecular complexity index is 777. The predicted molar refractivity (Wildman–Crippen MR) is 105 cm³/mol. The number of ether oxygens (including phenoxy) is 1. The van der Waals surface area contributed by atoms with Gasteiger partial charge in [-0.15, -0.1) is 0 Å². The smallest absolute Gasteiger partial charge is 0.257 e. The molecule has 0 unspecified atom stereocenters. The van der Waals surface area contributed by atoms with Crippen LogP contribution in [0.3, 0.4) is 0 Å². The highest BCUT2D eigenvalue weighted by Crippen LogP contribution is 2.23. The fraction of sp³-hybridized carbons (Fsp3) is 0.111. The van der Waals surface area contributed by atoms with Crippen molar-refractivity contribution in [2.45, 2.75) is 6.92 Å². The van der Waals surface area contributed by atoms with Crippen LogP contribution >= 0.6 is 28.1 Å². The first-order valence-electron chi connectivity index (χ1n) is 7.22. The Morgan fingerprint density at radius 2 is 2.08 bits per heavy atom. The molecule has 0 aromatic heterocycles. The summed E-state index contributed by atoms with van der Waals surface area (Å²) in [6.07, 6.45) is 1.66. The second-order valence-corrected chi connectivity index (χ2v) is 6.23. The quantitative estimate of drug-likeness (QED) is 0.570. The molecular formula is C18H17BrN2O2S. The van der Waals surface area contributed by atoms with Gasteiger partial charge in [-0.2, -0.15) is 0 Å². The van der Waals surface area contributed by atoms with E-state index in [2.05, 4.69) is 33.1 Å². The van der Waals surface area contributed by atoms with Gasteiger partial charge in [0.25, 0.3) is 5.91 Å². The molecule has 0 aliphatic carbocycles. The van der Waals surface area contributed by atoms with Crippen molar-refractivity contribution in [2.75, 3.05) is 11.9 Å². The molecule has 6 heteroatoms. The molecule has 0 bridgehead atoms. The Labute approximate surface area is 155 Å². The summed E-state index contributed by atoms with van der Waals surface area (Å²) in [7, 11) is 0. The molecule has 0 saturated heterocycles. The van der Waals surface area contributed by atoms with Crippen LogP contribution in [0.15, 0.2) is 59.6 Å². The van der Waals surface area contributed by atoms with Gasteiger partial charge in [-0.25, -0.2) is 0 Å². The number of hydrogen-bond donors (Lipinski definition) is 2. The van der Waals surface area contributed by atoms with Crippen LogP contribution in [0.5, 0.6) is 5.75 Å². The number of nitrogens with one attached hydrogen (secondary N) is 2. The third-order valence-electron chi connectivity index (χ3n) is 3.15. The summed E-state index contributed by atoms with van der Waals surface area (Å²) in [5.74, 6) is 0.352. The zero-order chi connectivity index (χ0) is 17.5. The van der Waals surface area contributed by atoms with E-state index in [4.69, 9.17) is 17.0 Å². The number of carbonyl (C=O) groups is 1. The van der Waals surface area contributed by atoms with E-state index in [1.54, 1.807) is 18.2 Å². The fourth-order valence-electron chi connectivity index (χ4n) is 1.91. The number of amides is 1. The first kappa shape index (κ1) is 18.2. The molecule has 124 valence electrons. The molecule has 2 rings (SSSR count). The maximum atomic E-state index is 12.3. The van der Waals surface area contributed by atoms with Crippen LogP contribution in [0.1, 0.15) is 15.9 Å². The van der Waals surface area contributed by atoms with E-state index >= 15 is 0 Å². The van der Waals surface area contributed by atoms with Gasteiger partial charge >= 0.3 is 0 Å². The fourth-order valence-corrected chi connectivity index (χ4v) is 2.49. The average molecular weight is 405 g/mol. The van der Waals surface area contributed by atoms with Gasteiger partial charge < -0.3 is 10.1 Å². The number of rotatable bonds is 5. The first-order chi connectivity index (χ1) is 11.5. The van der Waals surface area contributed by atoms with Gasteiger partial charge in [0.05, 0.1) is 5.69 Å². The molecule has 0 fully saturated rings. The zero-order valence-corrected chi connectivity index (χ0v) is 15.5. The number of carbonyl (C=O) groups excluding carboxylic acids is 1. The molecule has 0 spiro atoms. The van der Waals surface area contributed by atoms with Crippen molar-refractivity contribution in [3.8, 4) is 5.75 Å². The molecule has 24 heavy (non-hydrogen) atoms. The minimum atomic E-state index is -0.280. The molecule has 2 aromatic rings. The molecular weight excluding hydrogens is 388 g/mol. The van der Waals surface area contributed by atoms with Crippen LogP contribution in [0.2, 0.25) is 0 Å². The van der Waals surface area contributed by atoms with Gasteiger partial charge in [0.15, 0.2) is 5.11 Å². The largest absolute Gasteiger partial charge is 0.487 e. The number of hydrogen-bond acceptors (Lipinski definition) is 3. The Balaban J connectivity index is 2.04. The van der Waals surface area contributed by atoms with E-state index in [9.17, 15) is 4.79 Å². The summed E-state index contributed by atoms with van der Waals surface area (Å²) in [6, 6.07) is 12.7. The summed E-state index contributed by atoms with van der Waals surface area (Å²) >= 11 is 8.63. The molecule has 0 atom stereocenters. The highest BCUT2D eigenvalue weighted by atomic mass is 79.9. The molecule has 0 saturated carbocycles. The zero-order valence-electron chi connectivity index (χ0n) is 13.1. The number of benzene rings is 2. The second-order valence-electron chi connectivity index (χ2n) is 4.97. The lowest BCUT2D eigenvalue weighted by Crippen LogP contribution is -2.34. The third kappa shape index (κ3) is 4.91. The van der Waals surface area contributed by atoms with Gasteiger partial charge in [-0.1, -0.05) is 46.8 Å². The molecule has 2 aromatic carbocycles. The lowest BCUT2D eigenvalue weighted by atomic mass is 10.1. The van der Waals surface area contributed by atoms with E-state index < -0.39 is 0 Å². The van der Waals surface area contributed by atoms with Crippen molar-refractivity contribution in [1.29, 1.82) is 0 Å². The van der Waals surface area contributed by atoms with Crippen molar-refractivity contribution >= 4 is 44.9 Å². The maximum Gasteiger partial charge on any atom is 0.257 e. The molecule has 0 heterocycles. The van der Waals surface area contributed by atoms with Crippen molar-refractivity contribution in [2.24, 2.45) is 0 Å². The minimum absolute atomic E-state index is 0.200. The van der Waals surface area contributed by atoms with Crippen LogP contribution in [-0.2, 0) is 0 Å². The number of halogens is 1. The standard InChI is InChI=1S/C18H17BrN2O2S/c1-3-10-23-16-7-5-4-6-15(16)20-18(24)21-17(22)13-9-8-12(2)14(19)11-13/h3-9,11H,1,10H2,2H3,(H2,20,21,22,24). The van der Waals surface area contributed by atoms with Crippen LogP contribution < -0.4 is 15.4 Å². The SMILES string of the molecule is C=CCOc1ccccc1NC(=S)NC(=O)c1ccc(C)c(Br)c1. The number of aryl methyl sites for hydroxylation is 1. The average Bonchev–Trinajstić information content (AvgIpc) is 2.56. The van der Waals surface area contributed by atoms with Crippen molar-refractivity contribution in [3.63, 3.8) is 0 Å². The Morgan fingerprint density at radius 1 is 1.33 bits per heavy atom. The van der Waals surface area contributed by atoms with Gasteiger partial charge in [-0.3, -0.25) is 10.1 Å². The lowest BCUT2D eigenvalue weighted by Gasteiger charge is -2.13. The van der Waals surface area contributed by atoms with E-state index in [-0.39, 0.29) is 11.0 Å². The molecule has 0 aliphatic rings. The van der Waals surface area contributed by atoms with Gasteiger partial charge in [-0.05, 0) is 49.0 Å². The van der Waals surface area contributed by atoms with Crippen molar-refractivity contribution in [3.05, 3.63) is 70.7 Å². The van der Waals surface area contributed by atoms with Crippen molar-refractivity contribution < 1.29 is 9.53 Å². The summed E-state index contributed by atoms with van der Waals surface area (Å²) in [4.78, 5) is 12.3. The topological polar surface area (TPSA) is 50.4 Å². The van der Waals surface area contributed by atoms with E-state index in [0.29, 0.717) is 23.6 Å². The minimum Gasteiger partial charge on any atom is -0.487 e. The van der Waals surface area contributed by atoms with Crippen molar-refractivity contribution in [1.82, 2.24) is 5.32 Å². The summed E-state index contributed by atoms with van der Waals surface area (Å²) in [5.41, 5.74) is 2.25. The third-order valence-corrected chi connectivity index (χ3v) is 4.21. The van der Waals surface area contributed by atoms with Gasteiger partial charge in [0.2, 0.25) is 0 Å². The lowest BCUT2D eigenvalue weighted by molar-refractivity contribution is 0.0977. The Kier molecular flexibility index (Phi) is 6.52. The van der Waals surface area contributed by atoms with Crippen LogP contribution in [0, 0.1) is 6.92 Å². The summed E-state index contributed by atoms with van der Waals surface area (Å²) in [5, 5.41) is 5.83. The first-order valence-corrected chi connectivity index (χ1v) is 8.42. The van der Waals surface area contributed by atoms with Crippen LogP contribution in [-0.4, -0.2) is 17.6 Å². The van der Waals surface area contributed by atoms with E-state index in [1.165, 1.54) is 0 Å². The molecule has 2 N–H and O–H groups in total. The number of anilines is 1. The van der Waals surface area contributed by atoms with Crippen LogP contribution in [0.4, 0.5) is 5.69 Å². The van der Waals surface area contributed by atoms with Gasteiger partial charge in [0, 0.05) is 10.0 Å². The highest BCUT2D eigenvalue weighted by molar-refractivity contribution is 9.10. The summed E-state index contributed by atoms with van der Waals surface area (Å²) in [6.45, 7) is 5.96. The predicted octanol–water partition coefficient (Wildman–Crippen LogP) is 4.45. The second kappa shape index (κ2) is 8.61. The van der Waals surface area contributed by atoms with Crippen LogP contribution in [0.25, 0.3) is 0 Å². The molecule has 0 radical (unpaired) electrons. The molecule has 0 aliphatic heterocycles. The van der Waals surface area contributed by atoms with Gasteiger partial charge in [0.1, 0.15) is 12.4 Å².